The number of aliphatic hydroxyl groups is 2. The van der Waals surface area contributed by atoms with Crippen molar-refractivity contribution in [1.82, 2.24) is 5.32 Å². The molecule has 11 heteroatoms. The molecule has 0 aliphatic carbocycles. The average Bonchev–Trinajstić information content (AvgIpc) is 2.72. The standard InChI is InChI=1S/C20H37NO10/c1-20(2,3)17-16(27-7)15(12(22)10(29-17)8-25-5)30-18-13(23)14(31-19(24)21-4)11(26-6)9-28-18/h10-18,22-23H,8-9H2,1-7H3,(H,21,24). The van der Waals surface area contributed by atoms with E-state index in [0.29, 0.717) is 0 Å². The molecule has 31 heavy (non-hydrogen) atoms. The lowest BCUT2D eigenvalue weighted by atomic mass is 9.80. The molecule has 0 radical (unpaired) electrons. The van der Waals surface area contributed by atoms with Gasteiger partial charge < -0.3 is 48.7 Å². The van der Waals surface area contributed by atoms with Crippen LogP contribution in [0, 0.1) is 5.41 Å². The van der Waals surface area contributed by atoms with Gasteiger partial charge in [-0.15, -0.1) is 0 Å². The first-order chi connectivity index (χ1) is 14.6. The normalized spacial score (nSPS) is 39.2. The highest BCUT2D eigenvalue weighted by Gasteiger charge is 2.53. The van der Waals surface area contributed by atoms with Gasteiger partial charge in [0.25, 0.3) is 0 Å². The molecule has 2 aliphatic rings. The predicted octanol–water partition coefficient (Wildman–Crippen LogP) is -0.336. The van der Waals surface area contributed by atoms with Crippen LogP contribution < -0.4 is 5.32 Å². The first-order valence-corrected chi connectivity index (χ1v) is 10.3. The lowest BCUT2D eigenvalue weighted by Crippen LogP contribution is -2.65. The third kappa shape index (κ3) is 6.05. The molecule has 0 saturated carbocycles. The molecule has 0 aromatic rings. The molecule has 0 aromatic heterocycles. The van der Waals surface area contributed by atoms with E-state index in [1.165, 1.54) is 28.4 Å². The van der Waals surface area contributed by atoms with Crippen molar-refractivity contribution in [3.8, 4) is 0 Å². The highest BCUT2D eigenvalue weighted by Crippen LogP contribution is 2.37. The van der Waals surface area contributed by atoms with Crippen LogP contribution in [0.15, 0.2) is 0 Å². The molecule has 1 amide bonds. The SMILES string of the molecule is CNC(=O)OC1C(OC)COC(OC2C(O)C(COC)OC(C(C)(C)C)C2OC)C1O. The maximum Gasteiger partial charge on any atom is 0.407 e. The number of hydrogen-bond acceptors (Lipinski definition) is 10. The van der Waals surface area contributed by atoms with Crippen LogP contribution in [-0.2, 0) is 33.2 Å². The summed E-state index contributed by atoms with van der Waals surface area (Å²) >= 11 is 0. The third-order valence-corrected chi connectivity index (χ3v) is 5.57. The van der Waals surface area contributed by atoms with E-state index in [1.807, 2.05) is 20.8 Å². The van der Waals surface area contributed by atoms with Crippen LogP contribution in [0.2, 0.25) is 0 Å². The minimum atomic E-state index is -1.36. The van der Waals surface area contributed by atoms with Crippen LogP contribution in [0.1, 0.15) is 20.8 Å². The average molecular weight is 452 g/mol. The van der Waals surface area contributed by atoms with Crippen molar-refractivity contribution in [2.75, 3.05) is 41.6 Å². The summed E-state index contributed by atoms with van der Waals surface area (Å²) in [5.41, 5.74) is -0.341. The third-order valence-electron chi connectivity index (χ3n) is 5.57. The number of nitrogens with one attached hydrogen (secondary N) is 1. The van der Waals surface area contributed by atoms with Crippen molar-refractivity contribution in [3.05, 3.63) is 0 Å². The molecule has 2 rings (SSSR count). The van der Waals surface area contributed by atoms with E-state index in [-0.39, 0.29) is 18.6 Å². The first-order valence-electron chi connectivity index (χ1n) is 10.3. The Bertz CT molecular complexity index is 571. The van der Waals surface area contributed by atoms with Gasteiger partial charge in [-0.3, -0.25) is 0 Å². The molecular weight excluding hydrogens is 414 g/mol. The van der Waals surface area contributed by atoms with E-state index in [9.17, 15) is 15.0 Å². The Morgan fingerprint density at radius 1 is 1.06 bits per heavy atom. The van der Waals surface area contributed by atoms with Gasteiger partial charge in [0.2, 0.25) is 0 Å². The summed E-state index contributed by atoms with van der Waals surface area (Å²) in [4.78, 5) is 11.7. The number of aliphatic hydroxyl groups excluding tert-OH is 2. The molecule has 3 N–H and O–H groups in total. The fraction of sp³-hybridized carbons (Fsp3) is 0.950. The van der Waals surface area contributed by atoms with Gasteiger partial charge in [-0.05, 0) is 5.41 Å². The van der Waals surface area contributed by atoms with Crippen LogP contribution in [-0.4, -0.2) is 113 Å². The topological polar surface area (TPSA) is 134 Å². The van der Waals surface area contributed by atoms with E-state index >= 15 is 0 Å². The second-order valence-corrected chi connectivity index (χ2v) is 8.79. The maximum atomic E-state index is 11.7. The van der Waals surface area contributed by atoms with Crippen molar-refractivity contribution in [3.63, 3.8) is 0 Å². The molecule has 9 atom stereocenters. The Morgan fingerprint density at radius 2 is 1.74 bits per heavy atom. The summed E-state index contributed by atoms with van der Waals surface area (Å²) in [5, 5.41) is 24.1. The molecule has 182 valence electrons. The number of rotatable bonds is 7. The van der Waals surface area contributed by atoms with Gasteiger partial charge in [0.1, 0.15) is 36.6 Å². The zero-order chi connectivity index (χ0) is 23.3. The first kappa shape index (κ1) is 26.2. The van der Waals surface area contributed by atoms with Gasteiger partial charge >= 0.3 is 6.09 Å². The minimum Gasteiger partial charge on any atom is -0.440 e. The molecule has 2 aliphatic heterocycles. The predicted molar refractivity (Wildman–Crippen MR) is 108 cm³/mol. The van der Waals surface area contributed by atoms with Crippen molar-refractivity contribution in [2.45, 2.75) is 75.9 Å². The molecule has 0 spiro atoms. The number of amides is 1. The van der Waals surface area contributed by atoms with E-state index < -0.39 is 61.2 Å². The maximum absolute atomic E-state index is 11.7. The van der Waals surface area contributed by atoms with E-state index in [0.717, 1.165) is 0 Å². The van der Waals surface area contributed by atoms with Gasteiger partial charge in [0.05, 0.1) is 19.3 Å². The molecule has 2 fully saturated rings. The van der Waals surface area contributed by atoms with Crippen LogP contribution >= 0.6 is 0 Å². The summed E-state index contributed by atoms with van der Waals surface area (Å²) in [5.74, 6) is 0. The molecule has 0 bridgehead atoms. The highest BCUT2D eigenvalue weighted by atomic mass is 16.7. The smallest absolute Gasteiger partial charge is 0.407 e. The number of ether oxygens (including phenoxy) is 7. The number of carbonyl (C=O) groups excluding carboxylic acids is 1. The van der Waals surface area contributed by atoms with Crippen LogP contribution in [0.3, 0.4) is 0 Å². The minimum absolute atomic E-state index is 0.0149. The monoisotopic (exact) mass is 451 g/mol. The summed E-state index contributed by atoms with van der Waals surface area (Å²) in [6.07, 6.45) is -8.77. The fourth-order valence-corrected chi connectivity index (χ4v) is 3.90. The molecule has 2 saturated heterocycles. The molecule has 9 unspecified atom stereocenters. The Hall–Kier alpha value is -1.05. The van der Waals surface area contributed by atoms with Gasteiger partial charge in [-0.25, -0.2) is 4.79 Å². The Balaban J connectivity index is 2.26. The van der Waals surface area contributed by atoms with Crippen molar-refractivity contribution in [1.29, 1.82) is 0 Å². The van der Waals surface area contributed by atoms with Crippen LogP contribution in [0.5, 0.6) is 0 Å². The fourth-order valence-electron chi connectivity index (χ4n) is 3.90. The zero-order valence-electron chi connectivity index (χ0n) is 19.3. The number of alkyl carbamates (subject to hydrolysis) is 1. The van der Waals surface area contributed by atoms with Gasteiger partial charge in [0, 0.05) is 28.4 Å². The zero-order valence-corrected chi connectivity index (χ0v) is 19.3. The molecule has 2 heterocycles. The second-order valence-electron chi connectivity index (χ2n) is 8.79. The van der Waals surface area contributed by atoms with Crippen LogP contribution in [0.25, 0.3) is 0 Å². The number of methoxy groups -OCH3 is 3. The number of hydrogen-bond donors (Lipinski definition) is 3. The summed E-state index contributed by atoms with van der Waals surface area (Å²) < 4.78 is 39.2. The number of carbonyl (C=O) groups is 1. The van der Waals surface area contributed by atoms with E-state index in [4.69, 9.17) is 33.2 Å². The summed E-state index contributed by atoms with van der Waals surface area (Å²) in [6.45, 7) is 6.13. The summed E-state index contributed by atoms with van der Waals surface area (Å²) in [7, 11) is 5.85. The molecular formula is C20H37NO10. The molecule has 11 nitrogen and oxygen atoms in total. The Labute approximate surface area is 183 Å². The lowest BCUT2D eigenvalue weighted by molar-refractivity contribution is -0.333. The second kappa shape index (κ2) is 11.2. The van der Waals surface area contributed by atoms with Gasteiger partial charge in [-0.2, -0.15) is 0 Å². The highest BCUT2D eigenvalue weighted by molar-refractivity contribution is 5.67. The van der Waals surface area contributed by atoms with E-state index in [1.54, 1.807) is 0 Å². The Morgan fingerprint density at radius 3 is 2.26 bits per heavy atom. The summed E-state index contributed by atoms with van der Waals surface area (Å²) in [6, 6.07) is 0. The van der Waals surface area contributed by atoms with Crippen molar-refractivity contribution >= 4 is 6.09 Å². The Kier molecular flexibility index (Phi) is 9.46. The lowest BCUT2D eigenvalue weighted by Gasteiger charge is -2.50. The van der Waals surface area contributed by atoms with E-state index in [2.05, 4.69) is 5.32 Å². The molecule has 0 aromatic carbocycles. The van der Waals surface area contributed by atoms with Gasteiger partial charge in [-0.1, -0.05) is 20.8 Å². The van der Waals surface area contributed by atoms with Gasteiger partial charge in [0.15, 0.2) is 12.4 Å². The van der Waals surface area contributed by atoms with Crippen molar-refractivity contribution < 1.29 is 48.2 Å². The van der Waals surface area contributed by atoms with Crippen molar-refractivity contribution in [2.24, 2.45) is 5.41 Å². The quantitative estimate of drug-likeness (QED) is 0.472. The van der Waals surface area contributed by atoms with Crippen LogP contribution in [0.4, 0.5) is 4.79 Å². The largest absolute Gasteiger partial charge is 0.440 e.